The van der Waals surface area contributed by atoms with E-state index >= 15 is 0 Å². The third kappa shape index (κ3) is 2.14. The molecule has 0 saturated heterocycles. The lowest BCUT2D eigenvalue weighted by Crippen LogP contribution is -2.53. The number of rotatable bonds is 1. The van der Waals surface area contributed by atoms with Gasteiger partial charge in [-0.2, -0.15) is 5.26 Å². The lowest BCUT2D eigenvalue weighted by atomic mass is 9.49. The molecule has 4 fully saturated rings. The van der Waals surface area contributed by atoms with Crippen molar-refractivity contribution in [1.82, 2.24) is 0 Å². The summed E-state index contributed by atoms with van der Waals surface area (Å²) in [6.45, 7) is 2.26. The van der Waals surface area contributed by atoms with Gasteiger partial charge in [-0.15, -0.1) is 0 Å². The summed E-state index contributed by atoms with van der Waals surface area (Å²) in [6.07, 6.45) is 9.62. The normalized spacial score (nSPS) is 52.2. The monoisotopic (exact) mass is 315 g/mol. The minimum Gasteiger partial charge on any atom is -0.388 e. The Bertz CT molecular complexity index is 552. The van der Waals surface area contributed by atoms with E-state index in [0.29, 0.717) is 17.6 Å². The lowest BCUT2D eigenvalue weighted by molar-refractivity contribution is -0.136. The number of fused-ring (bicyclic) bond motifs is 5. The zero-order valence-corrected chi connectivity index (χ0v) is 14.3. The number of carbonyl (C=O) groups excluding carboxylic acids is 1. The van der Waals surface area contributed by atoms with E-state index in [9.17, 15) is 9.90 Å². The molecule has 126 valence electrons. The van der Waals surface area contributed by atoms with Gasteiger partial charge in [-0.05, 0) is 74.5 Å². The van der Waals surface area contributed by atoms with Crippen LogP contribution in [0.1, 0.15) is 71.1 Å². The Kier molecular flexibility index (Phi) is 3.61. The molecule has 3 nitrogen and oxygen atoms in total. The van der Waals surface area contributed by atoms with E-state index in [0.717, 1.165) is 56.3 Å². The van der Waals surface area contributed by atoms with Crippen molar-refractivity contribution in [3.05, 3.63) is 0 Å². The molecule has 0 heterocycles. The van der Waals surface area contributed by atoms with Crippen LogP contribution in [0.25, 0.3) is 0 Å². The van der Waals surface area contributed by atoms with Crippen molar-refractivity contribution >= 4 is 5.78 Å². The summed E-state index contributed by atoms with van der Waals surface area (Å²) in [5, 5.41) is 20.3. The minimum atomic E-state index is -0.767. The molecule has 0 spiro atoms. The van der Waals surface area contributed by atoms with Crippen molar-refractivity contribution in [3.63, 3.8) is 0 Å². The van der Waals surface area contributed by atoms with Crippen molar-refractivity contribution < 1.29 is 9.90 Å². The third-order valence-corrected chi connectivity index (χ3v) is 8.46. The highest BCUT2D eigenvalue weighted by atomic mass is 16.3. The molecule has 0 aromatic carbocycles. The summed E-state index contributed by atoms with van der Waals surface area (Å²) in [5.41, 5.74) is -0.835. The second-order valence-corrected chi connectivity index (χ2v) is 9.08. The molecule has 4 aliphatic rings. The van der Waals surface area contributed by atoms with Gasteiger partial charge in [-0.25, -0.2) is 0 Å². The Labute approximate surface area is 139 Å². The number of aliphatic hydroxyl groups is 1. The molecule has 0 aromatic rings. The molecule has 4 aliphatic carbocycles. The number of hydrogen-bond donors (Lipinski definition) is 1. The number of nitriles is 1. The first kappa shape index (κ1) is 15.6. The highest BCUT2D eigenvalue weighted by Gasteiger charge is 2.62. The van der Waals surface area contributed by atoms with E-state index in [4.69, 9.17) is 5.26 Å². The first-order valence-corrected chi connectivity index (χ1v) is 9.59. The van der Waals surface area contributed by atoms with Gasteiger partial charge in [0.15, 0.2) is 0 Å². The van der Waals surface area contributed by atoms with Crippen LogP contribution in [-0.4, -0.2) is 16.5 Å². The summed E-state index contributed by atoms with van der Waals surface area (Å²) in [6, 6.07) is 2.24. The molecule has 4 rings (SSSR count). The van der Waals surface area contributed by atoms with Crippen molar-refractivity contribution in [2.24, 2.45) is 35.0 Å². The predicted octanol–water partition coefficient (Wildman–Crippen LogP) is 3.85. The number of ketones is 1. The molecule has 0 amide bonds. The van der Waals surface area contributed by atoms with Gasteiger partial charge in [-0.1, -0.05) is 6.92 Å². The molecular formula is C20H29NO2. The first-order valence-electron chi connectivity index (χ1n) is 9.59. The smallest absolute Gasteiger partial charge is 0.133 e. The fraction of sp³-hybridized carbons (Fsp3) is 0.900. The van der Waals surface area contributed by atoms with Crippen LogP contribution < -0.4 is 0 Å². The SMILES string of the molecule is C[C@]12CC[C@H]3[C@@H](CC[C@@H]4CC(=O)CC[C@@H]43)[C@@H]1CC[C@@]2(O)CC#N. The molecule has 4 saturated carbocycles. The first-order chi connectivity index (χ1) is 11.0. The summed E-state index contributed by atoms with van der Waals surface area (Å²) < 4.78 is 0. The van der Waals surface area contributed by atoms with Crippen LogP contribution in [0.5, 0.6) is 0 Å². The standard InChI is InChI=1S/C20H29NO2/c1-19-8-6-16-15-5-3-14(22)12-13(15)2-4-17(16)18(19)7-9-20(19,23)10-11-21/h13,15-18,23H,2-10,12H2,1H3/t13-,15+,16-,17-,18+,19+,20-/m1/s1. The average Bonchev–Trinajstić information content (AvgIpc) is 2.79. The van der Waals surface area contributed by atoms with Crippen LogP contribution in [-0.2, 0) is 4.79 Å². The summed E-state index contributed by atoms with van der Waals surface area (Å²) >= 11 is 0. The van der Waals surface area contributed by atoms with Crippen LogP contribution in [0.2, 0.25) is 0 Å². The van der Waals surface area contributed by atoms with Gasteiger partial charge in [0, 0.05) is 18.3 Å². The Morgan fingerprint density at radius 3 is 2.74 bits per heavy atom. The third-order valence-electron chi connectivity index (χ3n) is 8.46. The second kappa shape index (κ2) is 5.31. The van der Waals surface area contributed by atoms with Gasteiger partial charge < -0.3 is 5.11 Å². The maximum atomic E-state index is 11.8. The van der Waals surface area contributed by atoms with Crippen LogP contribution in [0.15, 0.2) is 0 Å². The molecule has 0 aliphatic heterocycles. The number of carbonyl (C=O) groups is 1. The molecular weight excluding hydrogens is 286 g/mol. The molecule has 0 aromatic heterocycles. The zero-order chi connectivity index (χ0) is 16.2. The summed E-state index contributed by atoms with van der Waals surface area (Å²) in [7, 11) is 0. The molecule has 0 unspecified atom stereocenters. The van der Waals surface area contributed by atoms with E-state index in [1.807, 2.05) is 0 Å². The molecule has 3 heteroatoms. The zero-order valence-electron chi connectivity index (χ0n) is 14.3. The molecule has 0 radical (unpaired) electrons. The maximum absolute atomic E-state index is 11.8. The van der Waals surface area contributed by atoms with Crippen LogP contribution in [0.4, 0.5) is 0 Å². The van der Waals surface area contributed by atoms with Gasteiger partial charge >= 0.3 is 0 Å². The van der Waals surface area contributed by atoms with Gasteiger partial charge in [0.1, 0.15) is 5.78 Å². The Balaban J connectivity index is 1.59. The van der Waals surface area contributed by atoms with Crippen molar-refractivity contribution in [2.75, 3.05) is 0 Å². The highest BCUT2D eigenvalue weighted by Crippen LogP contribution is 2.65. The highest BCUT2D eigenvalue weighted by molar-refractivity contribution is 5.79. The van der Waals surface area contributed by atoms with Gasteiger partial charge in [0.2, 0.25) is 0 Å². The average molecular weight is 315 g/mol. The quantitative estimate of drug-likeness (QED) is 0.799. The molecule has 0 bridgehead atoms. The number of nitrogens with zero attached hydrogens (tertiary/aromatic N) is 1. The summed E-state index contributed by atoms with van der Waals surface area (Å²) in [4.78, 5) is 11.8. The molecule has 23 heavy (non-hydrogen) atoms. The largest absolute Gasteiger partial charge is 0.388 e. The van der Waals surface area contributed by atoms with Gasteiger partial charge in [0.25, 0.3) is 0 Å². The van der Waals surface area contributed by atoms with Crippen LogP contribution in [0.3, 0.4) is 0 Å². The Hall–Kier alpha value is -0.880. The fourth-order valence-corrected chi connectivity index (χ4v) is 7.19. The topological polar surface area (TPSA) is 61.1 Å². The van der Waals surface area contributed by atoms with E-state index < -0.39 is 5.60 Å². The van der Waals surface area contributed by atoms with Crippen molar-refractivity contribution in [2.45, 2.75) is 76.7 Å². The molecule has 1 N–H and O–H groups in total. The minimum absolute atomic E-state index is 0.0682. The summed E-state index contributed by atoms with van der Waals surface area (Å²) in [5.74, 6) is 3.94. The lowest BCUT2D eigenvalue weighted by Gasteiger charge is -2.56. The van der Waals surface area contributed by atoms with Crippen LogP contribution in [0, 0.1) is 46.3 Å². The van der Waals surface area contributed by atoms with Gasteiger partial charge in [0.05, 0.1) is 18.1 Å². The second-order valence-electron chi connectivity index (χ2n) is 9.08. The number of hydrogen-bond acceptors (Lipinski definition) is 3. The maximum Gasteiger partial charge on any atom is 0.133 e. The van der Waals surface area contributed by atoms with Gasteiger partial charge in [-0.3, -0.25) is 4.79 Å². The van der Waals surface area contributed by atoms with E-state index in [-0.39, 0.29) is 11.8 Å². The van der Waals surface area contributed by atoms with E-state index in [2.05, 4.69) is 13.0 Å². The fourth-order valence-electron chi connectivity index (χ4n) is 7.19. The molecule has 7 atom stereocenters. The Morgan fingerprint density at radius 1 is 1.13 bits per heavy atom. The van der Waals surface area contributed by atoms with Crippen LogP contribution >= 0.6 is 0 Å². The number of Topliss-reactive ketones (excluding diaryl/α,β-unsaturated/α-hetero) is 1. The van der Waals surface area contributed by atoms with E-state index in [1.54, 1.807) is 0 Å². The van der Waals surface area contributed by atoms with Crippen molar-refractivity contribution in [1.29, 1.82) is 5.26 Å². The van der Waals surface area contributed by atoms with Crippen molar-refractivity contribution in [3.8, 4) is 6.07 Å². The Morgan fingerprint density at radius 2 is 1.96 bits per heavy atom. The predicted molar refractivity (Wildman–Crippen MR) is 87.3 cm³/mol. The van der Waals surface area contributed by atoms with E-state index in [1.165, 1.54) is 19.3 Å².